The second kappa shape index (κ2) is 6.25. The molecule has 1 fully saturated rings. The van der Waals surface area contributed by atoms with E-state index in [4.69, 9.17) is 0 Å². The Morgan fingerprint density at radius 3 is 2.96 bits per heavy atom. The van der Waals surface area contributed by atoms with Crippen molar-refractivity contribution in [2.45, 2.75) is 18.9 Å². The summed E-state index contributed by atoms with van der Waals surface area (Å²) in [7, 11) is 1.90. The molecule has 23 heavy (non-hydrogen) atoms. The van der Waals surface area contributed by atoms with E-state index < -0.39 is 0 Å². The summed E-state index contributed by atoms with van der Waals surface area (Å²) in [5.74, 6) is 0.865. The molecule has 4 rings (SSSR count). The van der Waals surface area contributed by atoms with Crippen LogP contribution < -0.4 is 5.32 Å². The molecule has 0 aromatic carbocycles. The van der Waals surface area contributed by atoms with Crippen LogP contribution in [0.1, 0.15) is 23.8 Å². The van der Waals surface area contributed by atoms with Crippen LogP contribution >= 0.6 is 11.3 Å². The average Bonchev–Trinajstić information content (AvgIpc) is 3.31. The van der Waals surface area contributed by atoms with Gasteiger partial charge in [0, 0.05) is 18.5 Å². The van der Waals surface area contributed by atoms with E-state index in [0.29, 0.717) is 6.04 Å². The van der Waals surface area contributed by atoms with Gasteiger partial charge in [0.05, 0.1) is 17.6 Å². The van der Waals surface area contributed by atoms with E-state index in [2.05, 4.69) is 42.8 Å². The zero-order valence-corrected chi connectivity index (χ0v) is 14.0. The Labute approximate surface area is 139 Å². The van der Waals surface area contributed by atoms with Crippen molar-refractivity contribution in [1.82, 2.24) is 24.6 Å². The van der Waals surface area contributed by atoms with Crippen LogP contribution in [0.25, 0.3) is 11.0 Å². The van der Waals surface area contributed by atoms with E-state index in [9.17, 15) is 0 Å². The minimum absolute atomic E-state index is 0.402. The maximum Gasteiger partial charge on any atom is 0.163 e. The Kier molecular flexibility index (Phi) is 3.97. The van der Waals surface area contributed by atoms with Gasteiger partial charge in [0.25, 0.3) is 0 Å². The third-order valence-corrected chi connectivity index (χ3v) is 5.42. The molecule has 7 heteroatoms. The number of nitrogens with zero attached hydrogens (tertiary/aromatic N) is 5. The molecule has 120 valence electrons. The van der Waals surface area contributed by atoms with Gasteiger partial charge in [-0.25, -0.2) is 9.97 Å². The summed E-state index contributed by atoms with van der Waals surface area (Å²) >= 11 is 1.83. The van der Waals surface area contributed by atoms with E-state index in [1.165, 1.54) is 30.8 Å². The summed E-state index contributed by atoms with van der Waals surface area (Å²) in [5.41, 5.74) is 0.858. The quantitative estimate of drug-likeness (QED) is 0.780. The lowest BCUT2D eigenvalue weighted by Crippen LogP contribution is -2.30. The number of hydrogen-bond acceptors (Lipinski definition) is 6. The number of hydrogen-bond donors (Lipinski definition) is 1. The summed E-state index contributed by atoms with van der Waals surface area (Å²) in [6.07, 6.45) is 6.01. The number of nitrogens with one attached hydrogen (secondary N) is 1. The molecule has 0 bridgehead atoms. The van der Waals surface area contributed by atoms with Crippen LogP contribution in [0.4, 0.5) is 5.82 Å². The van der Waals surface area contributed by atoms with Crippen molar-refractivity contribution >= 4 is 28.2 Å². The van der Waals surface area contributed by atoms with Gasteiger partial charge >= 0.3 is 0 Å². The van der Waals surface area contributed by atoms with Gasteiger partial charge in [-0.05, 0) is 37.4 Å². The molecule has 1 aliphatic heterocycles. The first-order valence-corrected chi connectivity index (χ1v) is 8.85. The summed E-state index contributed by atoms with van der Waals surface area (Å²) in [6.45, 7) is 3.20. The van der Waals surface area contributed by atoms with Crippen LogP contribution in [0, 0.1) is 0 Å². The Balaban J connectivity index is 1.57. The predicted octanol–water partition coefficient (Wildman–Crippen LogP) is 2.67. The lowest BCUT2D eigenvalue weighted by Gasteiger charge is -2.27. The molecular formula is C16H20N6S. The number of thiophene rings is 1. The number of aryl methyl sites for hydroxylation is 1. The number of fused-ring (bicyclic) bond motifs is 1. The van der Waals surface area contributed by atoms with Crippen LogP contribution in [0.3, 0.4) is 0 Å². The topological polar surface area (TPSA) is 58.9 Å². The monoisotopic (exact) mass is 328 g/mol. The Morgan fingerprint density at radius 2 is 2.17 bits per heavy atom. The third kappa shape index (κ3) is 2.82. The van der Waals surface area contributed by atoms with Crippen molar-refractivity contribution in [3.63, 3.8) is 0 Å². The molecule has 1 atom stereocenters. The molecular weight excluding hydrogens is 308 g/mol. The fourth-order valence-electron chi connectivity index (χ4n) is 3.24. The zero-order chi connectivity index (χ0) is 15.6. The number of anilines is 1. The number of rotatable bonds is 5. The second-order valence-corrected chi connectivity index (χ2v) is 6.86. The Bertz CT molecular complexity index is 775. The summed E-state index contributed by atoms with van der Waals surface area (Å²) in [5, 5.41) is 10.9. The highest BCUT2D eigenvalue weighted by molar-refractivity contribution is 7.10. The summed E-state index contributed by atoms with van der Waals surface area (Å²) in [4.78, 5) is 12.7. The first-order chi connectivity index (χ1) is 11.3. The molecule has 3 aromatic heterocycles. The van der Waals surface area contributed by atoms with Gasteiger partial charge in [-0.3, -0.25) is 9.58 Å². The van der Waals surface area contributed by atoms with E-state index in [1.807, 2.05) is 24.6 Å². The highest BCUT2D eigenvalue weighted by Gasteiger charge is 2.24. The van der Waals surface area contributed by atoms with Crippen molar-refractivity contribution < 1.29 is 0 Å². The minimum atomic E-state index is 0.402. The molecule has 6 nitrogen and oxygen atoms in total. The fourth-order valence-corrected chi connectivity index (χ4v) is 4.10. The lowest BCUT2D eigenvalue weighted by atomic mass is 10.2. The first-order valence-electron chi connectivity index (χ1n) is 7.97. The normalized spacial score (nSPS) is 16.9. The first kappa shape index (κ1) is 14.6. The van der Waals surface area contributed by atoms with Gasteiger partial charge < -0.3 is 5.32 Å². The molecule has 0 radical (unpaired) electrons. The van der Waals surface area contributed by atoms with Gasteiger partial charge in [0.15, 0.2) is 5.65 Å². The van der Waals surface area contributed by atoms with Crippen LogP contribution in [-0.2, 0) is 7.05 Å². The van der Waals surface area contributed by atoms with Crippen molar-refractivity contribution in [3.05, 3.63) is 34.9 Å². The van der Waals surface area contributed by atoms with E-state index >= 15 is 0 Å². The molecule has 1 saturated heterocycles. The predicted molar refractivity (Wildman–Crippen MR) is 92.7 cm³/mol. The van der Waals surface area contributed by atoms with Gasteiger partial charge in [0.1, 0.15) is 12.1 Å². The van der Waals surface area contributed by atoms with Crippen molar-refractivity contribution in [2.75, 3.05) is 25.0 Å². The second-order valence-electron chi connectivity index (χ2n) is 5.88. The molecule has 3 aromatic rings. The molecule has 0 amide bonds. The maximum atomic E-state index is 4.41. The zero-order valence-electron chi connectivity index (χ0n) is 13.1. The Morgan fingerprint density at radius 1 is 1.30 bits per heavy atom. The van der Waals surface area contributed by atoms with Crippen molar-refractivity contribution in [3.8, 4) is 0 Å². The van der Waals surface area contributed by atoms with Crippen LogP contribution in [0.2, 0.25) is 0 Å². The minimum Gasteiger partial charge on any atom is -0.367 e. The van der Waals surface area contributed by atoms with Crippen molar-refractivity contribution in [1.29, 1.82) is 0 Å². The highest BCUT2D eigenvalue weighted by Crippen LogP contribution is 2.29. The van der Waals surface area contributed by atoms with Gasteiger partial charge in [-0.1, -0.05) is 6.07 Å². The maximum absolute atomic E-state index is 4.41. The molecule has 0 saturated carbocycles. The molecule has 4 heterocycles. The van der Waals surface area contributed by atoms with Gasteiger partial charge in [-0.2, -0.15) is 5.10 Å². The fraction of sp³-hybridized carbons (Fsp3) is 0.438. The van der Waals surface area contributed by atoms with Crippen LogP contribution in [0.5, 0.6) is 0 Å². The molecule has 1 aliphatic rings. The summed E-state index contributed by atoms with van der Waals surface area (Å²) < 4.78 is 1.78. The summed E-state index contributed by atoms with van der Waals surface area (Å²) in [6, 6.07) is 4.77. The largest absolute Gasteiger partial charge is 0.367 e. The smallest absolute Gasteiger partial charge is 0.163 e. The van der Waals surface area contributed by atoms with E-state index in [0.717, 1.165) is 23.4 Å². The molecule has 0 spiro atoms. The Hall–Kier alpha value is -1.99. The SMILES string of the molecule is Cn1ncc2c(NC[C@H](c3cccs3)N3CCCC3)ncnc21. The number of aromatic nitrogens is 4. The number of likely N-dealkylation sites (tertiary alicyclic amines) is 1. The third-order valence-electron chi connectivity index (χ3n) is 4.45. The van der Waals surface area contributed by atoms with Gasteiger partial charge in [-0.15, -0.1) is 11.3 Å². The molecule has 1 N–H and O–H groups in total. The lowest BCUT2D eigenvalue weighted by molar-refractivity contribution is 0.259. The standard InChI is InChI=1S/C16H20N6S/c1-21-16-12(9-20-21)15(18-11-19-16)17-10-13(14-5-4-8-23-14)22-6-2-3-7-22/h4-5,8-9,11,13H,2-3,6-7,10H2,1H3,(H,17,18,19)/t13-/m1/s1. The average molecular weight is 328 g/mol. The van der Waals surface area contributed by atoms with Crippen molar-refractivity contribution in [2.24, 2.45) is 7.05 Å². The van der Waals surface area contributed by atoms with E-state index in [-0.39, 0.29) is 0 Å². The van der Waals surface area contributed by atoms with Crippen LogP contribution in [-0.4, -0.2) is 44.3 Å². The van der Waals surface area contributed by atoms with Gasteiger partial charge in [0.2, 0.25) is 0 Å². The molecule has 0 aliphatic carbocycles. The van der Waals surface area contributed by atoms with Crippen LogP contribution in [0.15, 0.2) is 30.0 Å². The van der Waals surface area contributed by atoms with E-state index in [1.54, 1.807) is 11.0 Å². The molecule has 0 unspecified atom stereocenters. The highest BCUT2D eigenvalue weighted by atomic mass is 32.1.